The summed E-state index contributed by atoms with van der Waals surface area (Å²) in [4.78, 5) is 3.63. The van der Waals surface area contributed by atoms with Crippen LogP contribution in [0.3, 0.4) is 0 Å². The van der Waals surface area contributed by atoms with E-state index in [2.05, 4.69) is 61.3 Å². The molecule has 0 aliphatic rings. The maximum atomic E-state index is 5.88. The smallest absolute Gasteiger partial charge is 0.0461 e. The first-order valence-corrected chi connectivity index (χ1v) is 7.97. The van der Waals surface area contributed by atoms with E-state index in [4.69, 9.17) is 5.73 Å². The van der Waals surface area contributed by atoms with Crippen LogP contribution in [0.2, 0.25) is 0 Å². The Bertz CT molecular complexity index is 540. The average molecular weight is 390 g/mol. The van der Waals surface area contributed by atoms with Crippen LogP contribution >= 0.6 is 43.2 Å². The predicted octanol–water partition coefficient (Wildman–Crippen LogP) is 4.49. The summed E-state index contributed by atoms with van der Waals surface area (Å²) in [5.74, 6) is 0. The van der Waals surface area contributed by atoms with Crippen LogP contribution in [0, 0.1) is 0 Å². The van der Waals surface area contributed by atoms with Gasteiger partial charge in [-0.25, -0.2) is 0 Å². The Kier molecular flexibility index (Phi) is 4.84. The molecule has 0 bridgehead atoms. The minimum absolute atomic E-state index is 0.791. The van der Waals surface area contributed by atoms with Crippen molar-refractivity contribution in [3.05, 3.63) is 49.0 Å². The second-order valence-corrected chi connectivity index (χ2v) is 6.93. The molecule has 0 spiro atoms. The third kappa shape index (κ3) is 3.57. The molecule has 1 heterocycles. The van der Waals surface area contributed by atoms with Gasteiger partial charge in [0, 0.05) is 38.0 Å². The van der Waals surface area contributed by atoms with Crippen molar-refractivity contribution in [1.29, 1.82) is 0 Å². The number of rotatable bonds is 4. The standard InChI is InChI=1S/C13H14Br2N2S/c1-17(7-11-5-10(14)8-18-11)6-9-3-2-4-12(16)13(9)15/h2-5,8H,6-7,16H2,1H3. The summed E-state index contributed by atoms with van der Waals surface area (Å²) in [7, 11) is 2.11. The van der Waals surface area contributed by atoms with Gasteiger partial charge < -0.3 is 5.73 Å². The lowest BCUT2D eigenvalue weighted by atomic mass is 10.2. The van der Waals surface area contributed by atoms with Gasteiger partial charge in [0.15, 0.2) is 0 Å². The number of anilines is 1. The van der Waals surface area contributed by atoms with Crippen LogP contribution < -0.4 is 5.73 Å². The fourth-order valence-electron chi connectivity index (χ4n) is 1.77. The lowest BCUT2D eigenvalue weighted by molar-refractivity contribution is 0.321. The number of hydrogen-bond acceptors (Lipinski definition) is 3. The van der Waals surface area contributed by atoms with Gasteiger partial charge in [-0.3, -0.25) is 4.90 Å². The molecule has 0 aliphatic heterocycles. The molecular weight excluding hydrogens is 376 g/mol. The maximum Gasteiger partial charge on any atom is 0.0461 e. The number of nitrogens with zero attached hydrogens (tertiary/aromatic N) is 1. The Balaban J connectivity index is 2.03. The highest BCUT2D eigenvalue weighted by molar-refractivity contribution is 9.11. The van der Waals surface area contributed by atoms with Crippen molar-refractivity contribution >= 4 is 48.9 Å². The highest BCUT2D eigenvalue weighted by Gasteiger charge is 2.08. The topological polar surface area (TPSA) is 29.3 Å². The third-order valence-corrected chi connectivity index (χ3v) is 5.25. The minimum atomic E-state index is 0.791. The molecule has 2 nitrogen and oxygen atoms in total. The Labute approximate surface area is 128 Å². The van der Waals surface area contributed by atoms with E-state index in [1.807, 2.05) is 12.1 Å². The molecule has 0 amide bonds. The van der Waals surface area contributed by atoms with Crippen LogP contribution in [-0.4, -0.2) is 11.9 Å². The zero-order chi connectivity index (χ0) is 13.1. The van der Waals surface area contributed by atoms with Gasteiger partial charge in [-0.15, -0.1) is 11.3 Å². The van der Waals surface area contributed by atoms with Gasteiger partial charge >= 0.3 is 0 Å². The molecule has 96 valence electrons. The molecule has 2 rings (SSSR count). The number of halogens is 2. The normalized spacial score (nSPS) is 11.1. The van der Waals surface area contributed by atoms with E-state index in [1.165, 1.54) is 10.4 Å². The molecule has 1 aromatic carbocycles. The molecule has 0 atom stereocenters. The SMILES string of the molecule is CN(Cc1cc(Br)cs1)Cc1cccc(N)c1Br. The number of thiophene rings is 1. The summed E-state index contributed by atoms with van der Waals surface area (Å²) in [5.41, 5.74) is 7.89. The van der Waals surface area contributed by atoms with Crippen LogP contribution in [-0.2, 0) is 13.1 Å². The summed E-state index contributed by atoms with van der Waals surface area (Å²) >= 11 is 8.79. The van der Waals surface area contributed by atoms with Crippen molar-refractivity contribution in [3.63, 3.8) is 0 Å². The van der Waals surface area contributed by atoms with Crippen LogP contribution in [0.15, 0.2) is 38.6 Å². The first kappa shape index (κ1) is 14.1. The molecule has 0 saturated heterocycles. The number of hydrogen-bond donors (Lipinski definition) is 1. The lowest BCUT2D eigenvalue weighted by Gasteiger charge is -2.17. The average Bonchev–Trinajstić information content (AvgIpc) is 2.70. The van der Waals surface area contributed by atoms with E-state index < -0.39 is 0 Å². The molecule has 2 aromatic rings. The highest BCUT2D eigenvalue weighted by Crippen LogP contribution is 2.26. The van der Waals surface area contributed by atoms with E-state index in [1.54, 1.807) is 11.3 Å². The summed E-state index contributed by atoms with van der Waals surface area (Å²) in [6.07, 6.45) is 0. The molecule has 0 radical (unpaired) electrons. The van der Waals surface area contributed by atoms with Crippen molar-refractivity contribution in [3.8, 4) is 0 Å². The third-order valence-electron chi connectivity index (χ3n) is 2.60. The van der Waals surface area contributed by atoms with Crippen molar-refractivity contribution in [2.24, 2.45) is 0 Å². The molecule has 0 aliphatic carbocycles. The Morgan fingerprint density at radius 1 is 1.28 bits per heavy atom. The molecule has 5 heteroatoms. The fraction of sp³-hybridized carbons (Fsp3) is 0.231. The van der Waals surface area contributed by atoms with Crippen LogP contribution in [0.25, 0.3) is 0 Å². The molecule has 18 heavy (non-hydrogen) atoms. The van der Waals surface area contributed by atoms with Crippen molar-refractivity contribution in [2.75, 3.05) is 12.8 Å². The molecule has 0 saturated carbocycles. The highest BCUT2D eigenvalue weighted by atomic mass is 79.9. The number of nitrogens with two attached hydrogens (primary N) is 1. The van der Waals surface area contributed by atoms with E-state index >= 15 is 0 Å². The second-order valence-electron chi connectivity index (χ2n) is 4.22. The van der Waals surface area contributed by atoms with E-state index in [9.17, 15) is 0 Å². The molecular formula is C13H14Br2N2S. The van der Waals surface area contributed by atoms with Crippen LogP contribution in [0.1, 0.15) is 10.4 Å². The molecule has 2 N–H and O–H groups in total. The fourth-order valence-corrected chi connectivity index (χ4v) is 3.69. The first-order chi connectivity index (χ1) is 8.56. The van der Waals surface area contributed by atoms with Crippen LogP contribution in [0.4, 0.5) is 5.69 Å². The maximum absolute atomic E-state index is 5.88. The van der Waals surface area contributed by atoms with Gasteiger partial charge in [-0.1, -0.05) is 12.1 Å². The van der Waals surface area contributed by atoms with Gasteiger partial charge in [0.25, 0.3) is 0 Å². The number of benzene rings is 1. The zero-order valence-corrected chi connectivity index (χ0v) is 14.0. The first-order valence-electron chi connectivity index (χ1n) is 5.50. The summed E-state index contributed by atoms with van der Waals surface area (Å²) in [6.45, 7) is 1.82. The second kappa shape index (κ2) is 6.19. The Morgan fingerprint density at radius 2 is 2.06 bits per heavy atom. The summed E-state index contributed by atoms with van der Waals surface area (Å²) < 4.78 is 2.16. The molecule has 0 unspecified atom stereocenters. The van der Waals surface area contributed by atoms with Crippen molar-refractivity contribution < 1.29 is 0 Å². The van der Waals surface area contributed by atoms with E-state index in [0.29, 0.717) is 0 Å². The van der Waals surface area contributed by atoms with Gasteiger partial charge in [0.2, 0.25) is 0 Å². The molecule has 0 fully saturated rings. The van der Waals surface area contributed by atoms with Crippen LogP contribution in [0.5, 0.6) is 0 Å². The predicted molar refractivity (Wildman–Crippen MR) is 85.7 cm³/mol. The number of nitrogen functional groups attached to an aromatic ring is 1. The van der Waals surface area contributed by atoms with Crippen molar-refractivity contribution in [2.45, 2.75) is 13.1 Å². The quantitative estimate of drug-likeness (QED) is 0.780. The van der Waals surface area contributed by atoms with Gasteiger partial charge in [0.05, 0.1) is 0 Å². The zero-order valence-electron chi connectivity index (χ0n) is 9.99. The Hall–Kier alpha value is -0.360. The Morgan fingerprint density at radius 3 is 2.72 bits per heavy atom. The molecule has 1 aromatic heterocycles. The van der Waals surface area contributed by atoms with E-state index in [-0.39, 0.29) is 0 Å². The van der Waals surface area contributed by atoms with Gasteiger partial charge in [0.1, 0.15) is 0 Å². The van der Waals surface area contributed by atoms with Gasteiger partial charge in [-0.2, -0.15) is 0 Å². The lowest BCUT2D eigenvalue weighted by Crippen LogP contribution is -2.17. The monoisotopic (exact) mass is 388 g/mol. The minimum Gasteiger partial charge on any atom is -0.398 e. The largest absolute Gasteiger partial charge is 0.398 e. The van der Waals surface area contributed by atoms with Gasteiger partial charge in [-0.05, 0) is 56.6 Å². The summed E-state index contributed by atoms with van der Waals surface area (Å²) in [5, 5.41) is 2.11. The van der Waals surface area contributed by atoms with Crippen molar-refractivity contribution in [1.82, 2.24) is 4.90 Å². The van der Waals surface area contributed by atoms with E-state index in [0.717, 1.165) is 27.7 Å². The summed E-state index contributed by atoms with van der Waals surface area (Å²) in [6, 6.07) is 8.16.